The Morgan fingerprint density at radius 1 is 1.18 bits per heavy atom. The molecule has 0 radical (unpaired) electrons. The van der Waals surface area contributed by atoms with Crippen LogP contribution >= 0.6 is 0 Å². The monoisotopic (exact) mass is 232 g/mol. The normalized spacial score (nSPS) is 10.1. The summed E-state index contributed by atoms with van der Waals surface area (Å²) >= 11 is 0. The first-order chi connectivity index (χ1) is 8.20. The number of nitrogens with one attached hydrogen (secondary N) is 2. The highest BCUT2D eigenvalue weighted by atomic mass is 19.1. The minimum atomic E-state index is -0.282. The summed E-state index contributed by atoms with van der Waals surface area (Å²) in [6.07, 6.45) is 1.46. The summed E-state index contributed by atoms with van der Waals surface area (Å²) in [5, 5.41) is 6.02. The molecule has 0 saturated heterocycles. The molecule has 0 spiro atoms. The maximum Gasteiger partial charge on any atom is 0.138 e. The minimum Gasteiger partial charge on any atom is -0.373 e. The van der Waals surface area contributed by atoms with Crippen molar-refractivity contribution >= 4 is 17.3 Å². The molecule has 2 aromatic rings. The van der Waals surface area contributed by atoms with Crippen molar-refractivity contribution in [3.05, 3.63) is 42.0 Å². The molecule has 1 heterocycles. The Balaban J connectivity index is 2.30. The maximum atomic E-state index is 13.0. The zero-order valence-corrected chi connectivity index (χ0v) is 9.66. The second-order valence-electron chi connectivity index (χ2n) is 3.58. The highest BCUT2D eigenvalue weighted by molar-refractivity contribution is 5.64. The van der Waals surface area contributed by atoms with Crippen LogP contribution in [0.1, 0.15) is 5.56 Å². The fraction of sp³-hybridized carbons (Fsp3) is 0.167. The van der Waals surface area contributed by atoms with Crippen LogP contribution in [-0.2, 0) is 0 Å². The SMILES string of the molecule is CNc1ncnc(Nc2cccc(F)c2)c1C. The van der Waals surface area contributed by atoms with E-state index in [4.69, 9.17) is 0 Å². The molecule has 4 nitrogen and oxygen atoms in total. The summed E-state index contributed by atoms with van der Waals surface area (Å²) in [5.41, 5.74) is 1.55. The minimum absolute atomic E-state index is 0.282. The molecule has 1 aromatic carbocycles. The van der Waals surface area contributed by atoms with Gasteiger partial charge in [0.1, 0.15) is 23.8 Å². The average molecular weight is 232 g/mol. The van der Waals surface area contributed by atoms with Crippen LogP contribution in [0.3, 0.4) is 0 Å². The molecule has 0 aliphatic rings. The molecule has 2 N–H and O–H groups in total. The van der Waals surface area contributed by atoms with Crippen molar-refractivity contribution in [1.29, 1.82) is 0 Å². The smallest absolute Gasteiger partial charge is 0.138 e. The molecular formula is C12H13FN4. The first kappa shape index (κ1) is 11.3. The number of benzene rings is 1. The van der Waals surface area contributed by atoms with Crippen molar-refractivity contribution in [3.8, 4) is 0 Å². The summed E-state index contributed by atoms with van der Waals surface area (Å²) in [6, 6.07) is 6.24. The number of hydrogen-bond donors (Lipinski definition) is 2. The number of hydrogen-bond acceptors (Lipinski definition) is 4. The first-order valence-electron chi connectivity index (χ1n) is 5.22. The van der Waals surface area contributed by atoms with Crippen molar-refractivity contribution in [1.82, 2.24) is 9.97 Å². The van der Waals surface area contributed by atoms with Crippen LogP contribution in [0.2, 0.25) is 0 Å². The Morgan fingerprint density at radius 2 is 1.94 bits per heavy atom. The van der Waals surface area contributed by atoms with Crippen molar-refractivity contribution in [2.75, 3.05) is 17.7 Å². The lowest BCUT2D eigenvalue weighted by Crippen LogP contribution is -2.02. The number of nitrogens with zero attached hydrogens (tertiary/aromatic N) is 2. The third kappa shape index (κ3) is 2.50. The fourth-order valence-electron chi connectivity index (χ4n) is 1.53. The zero-order chi connectivity index (χ0) is 12.3. The predicted molar refractivity (Wildman–Crippen MR) is 66.0 cm³/mol. The molecule has 17 heavy (non-hydrogen) atoms. The van der Waals surface area contributed by atoms with Crippen LogP contribution in [0.15, 0.2) is 30.6 Å². The molecule has 0 bridgehead atoms. The van der Waals surface area contributed by atoms with E-state index in [0.29, 0.717) is 11.5 Å². The standard InChI is InChI=1S/C12H13FN4/c1-8-11(14-2)15-7-16-12(8)17-10-5-3-4-9(13)6-10/h3-7H,1-2H3,(H2,14,15,16,17). The van der Waals surface area contributed by atoms with Gasteiger partial charge < -0.3 is 10.6 Å². The number of rotatable bonds is 3. The first-order valence-corrected chi connectivity index (χ1v) is 5.22. The third-order valence-electron chi connectivity index (χ3n) is 2.41. The van der Waals surface area contributed by atoms with Crippen molar-refractivity contribution in [2.24, 2.45) is 0 Å². The molecule has 0 saturated carbocycles. The van der Waals surface area contributed by atoms with Crippen LogP contribution in [0.4, 0.5) is 21.7 Å². The van der Waals surface area contributed by atoms with Crippen LogP contribution < -0.4 is 10.6 Å². The van der Waals surface area contributed by atoms with E-state index < -0.39 is 0 Å². The number of aromatic nitrogens is 2. The summed E-state index contributed by atoms with van der Waals surface area (Å²) in [6.45, 7) is 1.90. The molecule has 5 heteroatoms. The third-order valence-corrected chi connectivity index (χ3v) is 2.41. The maximum absolute atomic E-state index is 13.0. The van der Waals surface area contributed by atoms with Gasteiger partial charge in [-0.25, -0.2) is 14.4 Å². The highest BCUT2D eigenvalue weighted by Crippen LogP contribution is 2.22. The van der Waals surface area contributed by atoms with E-state index in [2.05, 4.69) is 20.6 Å². The Hall–Kier alpha value is -2.17. The summed E-state index contributed by atoms with van der Waals surface area (Å²) in [4.78, 5) is 8.21. The lowest BCUT2D eigenvalue weighted by molar-refractivity contribution is 0.628. The Bertz CT molecular complexity index is 528. The van der Waals surface area contributed by atoms with Crippen molar-refractivity contribution < 1.29 is 4.39 Å². The quantitative estimate of drug-likeness (QED) is 0.854. The van der Waals surface area contributed by atoms with Crippen molar-refractivity contribution in [2.45, 2.75) is 6.92 Å². The molecule has 0 aliphatic carbocycles. The van der Waals surface area contributed by atoms with Crippen molar-refractivity contribution in [3.63, 3.8) is 0 Å². The molecule has 0 aliphatic heterocycles. The second-order valence-corrected chi connectivity index (χ2v) is 3.58. The van der Waals surface area contributed by atoms with E-state index in [-0.39, 0.29) is 5.82 Å². The largest absolute Gasteiger partial charge is 0.373 e. The van der Waals surface area contributed by atoms with E-state index >= 15 is 0 Å². The van der Waals surface area contributed by atoms with E-state index in [1.165, 1.54) is 18.5 Å². The van der Waals surface area contributed by atoms with Gasteiger partial charge in [0.05, 0.1) is 0 Å². The molecular weight excluding hydrogens is 219 g/mol. The molecule has 0 amide bonds. The zero-order valence-electron chi connectivity index (χ0n) is 9.66. The number of halogens is 1. The second kappa shape index (κ2) is 4.78. The van der Waals surface area contributed by atoms with Gasteiger partial charge in [-0.15, -0.1) is 0 Å². The summed E-state index contributed by atoms with van der Waals surface area (Å²) in [5.74, 6) is 1.13. The van der Waals surface area contributed by atoms with E-state index in [1.807, 2.05) is 6.92 Å². The predicted octanol–water partition coefficient (Wildman–Crippen LogP) is 2.71. The van der Waals surface area contributed by atoms with Crippen LogP contribution in [0, 0.1) is 12.7 Å². The van der Waals surface area contributed by atoms with Crippen LogP contribution in [0.5, 0.6) is 0 Å². The van der Waals surface area contributed by atoms with Crippen LogP contribution in [-0.4, -0.2) is 17.0 Å². The molecule has 1 aromatic heterocycles. The molecule has 2 rings (SSSR count). The van der Waals surface area contributed by atoms with E-state index in [1.54, 1.807) is 19.2 Å². The number of anilines is 3. The van der Waals surface area contributed by atoms with Gasteiger partial charge in [0.15, 0.2) is 0 Å². The van der Waals surface area contributed by atoms with Gasteiger partial charge in [-0.2, -0.15) is 0 Å². The molecule has 88 valence electrons. The summed E-state index contributed by atoms with van der Waals surface area (Å²) in [7, 11) is 1.79. The topological polar surface area (TPSA) is 49.8 Å². The summed E-state index contributed by atoms with van der Waals surface area (Å²) < 4.78 is 13.0. The van der Waals surface area contributed by atoms with E-state index in [9.17, 15) is 4.39 Å². The Kier molecular flexibility index (Phi) is 3.18. The average Bonchev–Trinajstić information content (AvgIpc) is 2.32. The lowest BCUT2D eigenvalue weighted by atomic mass is 10.2. The van der Waals surface area contributed by atoms with Gasteiger partial charge in [0.2, 0.25) is 0 Å². The lowest BCUT2D eigenvalue weighted by Gasteiger charge is -2.10. The van der Waals surface area contributed by atoms with Gasteiger partial charge in [-0.05, 0) is 25.1 Å². The fourth-order valence-corrected chi connectivity index (χ4v) is 1.53. The Labute approximate surface area is 98.9 Å². The van der Waals surface area contributed by atoms with Crippen LogP contribution in [0.25, 0.3) is 0 Å². The highest BCUT2D eigenvalue weighted by Gasteiger charge is 2.05. The van der Waals surface area contributed by atoms with Gasteiger partial charge in [0, 0.05) is 18.3 Å². The Morgan fingerprint density at radius 3 is 2.65 bits per heavy atom. The molecule has 0 atom stereocenters. The molecule has 0 fully saturated rings. The van der Waals surface area contributed by atoms with E-state index in [0.717, 1.165) is 11.4 Å². The van der Waals surface area contributed by atoms with Gasteiger partial charge in [-0.1, -0.05) is 6.07 Å². The van der Waals surface area contributed by atoms with Gasteiger partial charge in [-0.3, -0.25) is 0 Å². The molecule has 0 unspecified atom stereocenters. The van der Waals surface area contributed by atoms with Gasteiger partial charge in [0.25, 0.3) is 0 Å². The van der Waals surface area contributed by atoms with Gasteiger partial charge >= 0.3 is 0 Å².